The first-order valence-corrected chi connectivity index (χ1v) is 10.6. The number of anilines is 1. The molecule has 0 amide bonds. The zero-order chi connectivity index (χ0) is 18.5. The van der Waals surface area contributed by atoms with E-state index in [4.69, 9.17) is 10.5 Å². The highest BCUT2D eigenvalue weighted by molar-refractivity contribution is 14.0. The van der Waals surface area contributed by atoms with Crippen molar-refractivity contribution in [1.29, 1.82) is 0 Å². The number of benzene rings is 2. The minimum atomic E-state index is 0. The fraction of sp³-hybridized carbons (Fsp3) is 0.381. The van der Waals surface area contributed by atoms with Crippen LogP contribution in [0.2, 0.25) is 0 Å². The van der Waals surface area contributed by atoms with Gasteiger partial charge in [0.1, 0.15) is 5.75 Å². The van der Waals surface area contributed by atoms with Crippen molar-refractivity contribution >= 4 is 47.4 Å². The molecule has 2 heterocycles. The van der Waals surface area contributed by atoms with Gasteiger partial charge in [0.15, 0.2) is 5.96 Å². The minimum Gasteiger partial charge on any atom is -0.493 e. The molecule has 7 heteroatoms. The van der Waals surface area contributed by atoms with Gasteiger partial charge >= 0.3 is 0 Å². The van der Waals surface area contributed by atoms with Crippen LogP contribution >= 0.6 is 35.7 Å². The summed E-state index contributed by atoms with van der Waals surface area (Å²) in [6.07, 6.45) is 0.885. The van der Waals surface area contributed by atoms with Crippen LogP contribution in [0.25, 0.3) is 0 Å². The first-order valence-electron chi connectivity index (χ1n) is 9.49. The van der Waals surface area contributed by atoms with E-state index in [0.717, 1.165) is 30.8 Å². The van der Waals surface area contributed by atoms with Crippen molar-refractivity contribution in [3.05, 3.63) is 59.7 Å². The highest BCUT2D eigenvalue weighted by Gasteiger charge is 2.21. The number of nitrogens with two attached hydrogens (primary N) is 1. The molecule has 1 saturated heterocycles. The van der Waals surface area contributed by atoms with Crippen molar-refractivity contribution in [3.63, 3.8) is 0 Å². The molecular formula is C21H27IN4OS. The zero-order valence-corrected chi connectivity index (χ0v) is 19.0. The van der Waals surface area contributed by atoms with Gasteiger partial charge in [-0.05, 0) is 23.8 Å². The van der Waals surface area contributed by atoms with Crippen molar-refractivity contribution < 1.29 is 4.74 Å². The number of hydrogen-bond donors (Lipinski definition) is 2. The van der Waals surface area contributed by atoms with Gasteiger partial charge in [0.2, 0.25) is 0 Å². The van der Waals surface area contributed by atoms with Gasteiger partial charge in [-0.3, -0.25) is 0 Å². The average Bonchev–Trinajstić information content (AvgIpc) is 2.74. The van der Waals surface area contributed by atoms with E-state index in [1.54, 1.807) is 0 Å². The third-order valence-electron chi connectivity index (χ3n) is 5.03. The number of nitrogens with zero attached hydrogens (tertiary/aromatic N) is 2. The van der Waals surface area contributed by atoms with E-state index in [1.165, 1.54) is 22.8 Å². The number of halogens is 1. The van der Waals surface area contributed by atoms with E-state index in [1.807, 2.05) is 30.0 Å². The lowest BCUT2D eigenvalue weighted by molar-refractivity contribution is 0.262. The second kappa shape index (κ2) is 10.2. The van der Waals surface area contributed by atoms with Crippen LogP contribution in [0.3, 0.4) is 0 Å². The Morgan fingerprint density at radius 3 is 2.68 bits per heavy atom. The number of para-hydroxylation sites is 1. The lowest BCUT2D eigenvalue weighted by atomic mass is 10.0. The predicted molar refractivity (Wildman–Crippen MR) is 129 cm³/mol. The Morgan fingerprint density at radius 2 is 1.89 bits per heavy atom. The quantitative estimate of drug-likeness (QED) is 0.373. The van der Waals surface area contributed by atoms with Gasteiger partial charge in [-0.2, -0.15) is 11.8 Å². The number of hydrogen-bond acceptors (Lipinski definition) is 4. The van der Waals surface area contributed by atoms with Crippen LogP contribution in [-0.2, 0) is 6.54 Å². The molecule has 2 aromatic carbocycles. The first-order chi connectivity index (χ1) is 13.3. The molecule has 1 atom stereocenters. The maximum absolute atomic E-state index is 6.14. The molecule has 0 saturated carbocycles. The summed E-state index contributed by atoms with van der Waals surface area (Å²) in [6.45, 7) is 3.54. The smallest absolute Gasteiger partial charge is 0.189 e. The topological polar surface area (TPSA) is 62.9 Å². The summed E-state index contributed by atoms with van der Waals surface area (Å²) in [4.78, 5) is 6.98. The standard InChI is InChI=1S/C21H26N4OS.HI/c22-21(24-19-9-12-26-20-4-2-1-3-18(19)20)23-15-16-5-7-17(8-6-16)25-10-13-27-14-11-25;/h1-8,19H,9-15H2,(H3,22,23,24);1H. The summed E-state index contributed by atoms with van der Waals surface area (Å²) in [7, 11) is 0. The fourth-order valence-corrected chi connectivity index (χ4v) is 4.43. The molecule has 2 aliphatic heterocycles. The van der Waals surface area contributed by atoms with E-state index in [0.29, 0.717) is 19.1 Å². The van der Waals surface area contributed by atoms with Crippen molar-refractivity contribution in [3.8, 4) is 5.75 Å². The van der Waals surface area contributed by atoms with Gasteiger partial charge in [0.25, 0.3) is 0 Å². The summed E-state index contributed by atoms with van der Waals surface area (Å²) in [5, 5.41) is 3.35. The largest absolute Gasteiger partial charge is 0.493 e. The van der Waals surface area contributed by atoms with Gasteiger partial charge in [0.05, 0.1) is 19.2 Å². The van der Waals surface area contributed by atoms with Crippen LogP contribution in [0.5, 0.6) is 5.75 Å². The fourth-order valence-electron chi connectivity index (χ4n) is 3.53. The van der Waals surface area contributed by atoms with Gasteiger partial charge in [-0.25, -0.2) is 4.99 Å². The number of ether oxygens (including phenoxy) is 1. The van der Waals surface area contributed by atoms with Crippen molar-refractivity contribution in [2.45, 2.75) is 19.0 Å². The molecule has 0 spiro atoms. The molecule has 1 fully saturated rings. The normalized spacial score (nSPS) is 19.2. The Kier molecular flexibility index (Phi) is 7.73. The number of guanidine groups is 1. The SMILES string of the molecule is I.NC(=NCc1ccc(N2CCSCC2)cc1)NC1CCOc2ccccc21. The van der Waals surface area contributed by atoms with Crippen LogP contribution in [-0.4, -0.2) is 37.2 Å². The predicted octanol–water partition coefficient (Wildman–Crippen LogP) is 3.79. The molecule has 3 N–H and O–H groups in total. The molecule has 2 aliphatic rings. The number of rotatable bonds is 4. The van der Waals surface area contributed by atoms with Crippen LogP contribution in [0.15, 0.2) is 53.5 Å². The van der Waals surface area contributed by atoms with Crippen LogP contribution in [0, 0.1) is 0 Å². The Bertz CT molecular complexity index is 793. The molecule has 150 valence electrons. The molecule has 4 rings (SSSR count). The maximum atomic E-state index is 6.14. The van der Waals surface area contributed by atoms with Crippen molar-refractivity contribution in [2.24, 2.45) is 10.7 Å². The summed E-state index contributed by atoms with van der Waals surface area (Å²) >= 11 is 2.03. The van der Waals surface area contributed by atoms with E-state index >= 15 is 0 Å². The van der Waals surface area contributed by atoms with Crippen LogP contribution < -0.4 is 20.7 Å². The highest BCUT2D eigenvalue weighted by Crippen LogP contribution is 2.31. The lowest BCUT2D eigenvalue weighted by Gasteiger charge is -2.28. The Balaban J connectivity index is 0.00000225. The molecule has 2 aromatic rings. The van der Waals surface area contributed by atoms with E-state index in [2.05, 4.69) is 45.5 Å². The van der Waals surface area contributed by atoms with Gasteiger partial charge in [0, 0.05) is 42.3 Å². The number of thioether (sulfide) groups is 1. The maximum Gasteiger partial charge on any atom is 0.189 e. The molecule has 0 bridgehead atoms. The molecule has 28 heavy (non-hydrogen) atoms. The minimum absolute atomic E-state index is 0. The van der Waals surface area contributed by atoms with Gasteiger partial charge in [-0.1, -0.05) is 30.3 Å². The lowest BCUT2D eigenvalue weighted by Crippen LogP contribution is -2.37. The van der Waals surface area contributed by atoms with Crippen LogP contribution in [0.1, 0.15) is 23.6 Å². The summed E-state index contributed by atoms with van der Waals surface area (Å²) < 4.78 is 5.70. The van der Waals surface area contributed by atoms with E-state index in [-0.39, 0.29) is 30.0 Å². The molecule has 1 unspecified atom stereocenters. The highest BCUT2D eigenvalue weighted by atomic mass is 127. The molecule has 5 nitrogen and oxygen atoms in total. The second-order valence-corrected chi connectivity index (χ2v) is 8.06. The molecule has 0 radical (unpaired) electrons. The number of aliphatic imine (C=N–C) groups is 1. The zero-order valence-electron chi connectivity index (χ0n) is 15.8. The second-order valence-electron chi connectivity index (χ2n) is 6.84. The first kappa shape index (κ1) is 21.1. The number of fused-ring (bicyclic) bond motifs is 1. The Hall–Kier alpha value is -1.61. The molecule has 0 aliphatic carbocycles. The van der Waals surface area contributed by atoms with Crippen LogP contribution in [0.4, 0.5) is 5.69 Å². The molecular weight excluding hydrogens is 483 g/mol. The van der Waals surface area contributed by atoms with Crippen molar-refractivity contribution in [1.82, 2.24) is 5.32 Å². The van der Waals surface area contributed by atoms with Gasteiger partial charge in [-0.15, -0.1) is 24.0 Å². The monoisotopic (exact) mass is 510 g/mol. The summed E-state index contributed by atoms with van der Waals surface area (Å²) in [5.41, 5.74) is 9.76. The van der Waals surface area contributed by atoms with Crippen molar-refractivity contribution in [2.75, 3.05) is 36.1 Å². The van der Waals surface area contributed by atoms with Gasteiger partial charge < -0.3 is 20.7 Å². The third kappa shape index (κ3) is 5.26. The average molecular weight is 510 g/mol. The third-order valence-corrected chi connectivity index (χ3v) is 5.97. The summed E-state index contributed by atoms with van der Waals surface area (Å²) in [6, 6.07) is 16.9. The summed E-state index contributed by atoms with van der Waals surface area (Å²) in [5.74, 6) is 3.84. The Labute approximate surface area is 188 Å². The Morgan fingerprint density at radius 1 is 1.14 bits per heavy atom. The van der Waals surface area contributed by atoms with E-state index < -0.39 is 0 Å². The van der Waals surface area contributed by atoms with E-state index in [9.17, 15) is 0 Å². The number of nitrogens with one attached hydrogen (secondary N) is 1. The molecule has 0 aromatic heterocycles.